The molecule has 1 aromatic rings. The first-order valence-corrected chi connectivity index (χ1v) is 6.27. The lowest BCUT2D eigenvalue weighted by Gasteiger charge is -2.22. The van der Waals surface area contributed by atoms with Crippen LogP contribution in [0.15, 0.2) is 11.6 Å². The smallest absolute Gasteiger partial charge is 0.0928 e. The highest BCUT2D eigenvalue weighted by Gasteiger charge is 2.15. The maximum atomic E-state index is 4.32. The molecule has 3 heteroatoms. The topological polar surface area (TPSA) is 24.9 Å². The number of aromatic nitrogens is 1. The van der Waals surface area contributed by atoms with Crippen LogP contribution < -0.4 is 5.32 Å². The summed E-state index contributed by atoms with van der Waals surface area (Å²) in [6, 6.07) is 0.629. The Hall–Kier alpha value is -0.410. The van der Waals surface area contributed by atoms with E-state index in [2.05, 4.69) is 36.5 Å². The molecule has 0 aliphatic carbocycles. The van der Waals surface area contributed by atoms with E-state index in [0.29, 0.717) is 12.0 Å². The number of nitrogens with zero attached hydrogens (tertiary/aromatic N) is 1. The first-order valence-electron chi connectivity index (χ1n) is 5.39. The normalized spacial score (nSPS) is 15.4. The highest BCUT2D eigenvalue weighted by Crippen LogP contribution is 2.15. The third-order valence-corrected chi connectivity index (χ3v) is 3.38. The fraction of sp³-hybridized carbons (Fsp3) is 0.727. The van der Waals surface area contributed by atoms with Gasteiger partial charge in [0.1, 0.15) is 0 Å². The Kier molecular flexibility index (Phi) is 5.12. The standard InChI is InChI=1S/C11H20N2S/c1-4-10(12-5-2)9(3)8-11-13-6-7-14-11/h6-7,9-10,12H,4-5,8H2,1-3H3. The Bertz CT molecular complexity index is 233. The second-order valence-corrected chi connectivity index (χ2v) is 4.66. The lowest BCUT2D eigenvalue weighted by atomic mass is 9.96. The highest BCUT2D eigenvalue weighted by atomic mass is 32.1. The molecule has 0 saturated heterocycles. The van der Waals surface area contributed by atoms with Gasteiger partial charge in [-0.2, -0.15) is 0 Å². The molecular weight excluding hydrogens is 192 g/mol. The van der Waals surface area contributed by atoms with E-state index in [0.717, 1.165) is 13.0 Å². The summed E-state index contributed by atoms with van der Waals surface area (Å²) in [6.45, 7) is 7.77. The largest absolute Gasteiger partial charge is 0.314 e. The van der Waals surface area contributed by atoms with Crippen molar-refractivity contribution in [2.75, 3.05) is 6.54 Å². The van der Waals surface area contributed by atoms with E-state index in [1.807, 2.05) is 6.20 Å². The summed E-state index contributed by atoms with van der Waals surface area (Å²) in [5, 5.41) is 6.83. The zero-order chi connectivity index (χ0) is 10.4. The average Bonchev–Trinajstić information content (AvgIpc) is 2.66. The molecule has 2 nitrogen and oxygen atoms in total. The predicted octanol–water partition coefficient (Wildman–Crippen LogP) is 2.71. The van der Waals surface area contributed by atoms with Crippen molar-refractivity contribution in [1.82, 2.24) is 10.3 Å². The molecule has 0 amide bonds. The van der Waals surface area contributed by atoms with E-state index in [1.54, 1.807) is 11.3 Å². The summed E-state index contributed by atoms with van der Waals surface area (Å²) < 4.78 is 0. The molecule has 0 fully saturated rings. The van der Waals surface area contributed by atoms with E-state index in [-0.39, 0.29) is 0 Å². The van der Waals surface area contributed by atoms with Crippen LogP contribution in [0.25, 0.3) is 0 Å². The van der Waals surface area contributed by atoms with Crippen LogP contribution in [-0.4, -0.2) is 17.6 Å². The lowest BCUT2D eigenvalue weighted by Crippen LogP contribution is -2.35. The molecule has 1 rings (SSSR count). The summed E-state index contributed by atoms with van der Waals surface area (Å²) in [4.78, 5) is 4.32. The number of hydrogen-bond donors (Lipinski definition) is 1. The molecular formula is C11H20N2S. The SMILES string of the molecule is CCNC(CC)C(C)Cc1nccs1. The van der Waals surface area contributed by atoms with Gasteiger partial charge in [0.05, 0.1) is 5.01 Å². The average molecular weight is 212 g/mol. The van der Waals surface area contributed by atoms with E-state index in [4.69, 9.17) is 0 Å². The van der Waals surface area contributed by atoms with Gasteiger partial charge in [0.2, 0.25) is 0 Å². The first kappa shape index (κ1) is 11.7. The minimum Gasteiger partial charge on any atom is -0.314 e. The predicted molar refractivity (Wildman–Crippen MR) is 62.7 cm³/mol. The molecule has 1 heterocycles. The molecule has 0 bridgehead atoms. The van der Waals surface area contributed by atoms with Gasteiger partial charge in [-0.25, -0.2) is 4.98 Å². The van der Waals surface area contributed by atoms with Crippen molar-refractivity contribution < 1.29 is 0 Å². The Morgan fingerprint density at radius 2 is 2.29 bits per heavy atom. The van der Waals surface area contributed by atoms with Gasteiger partial charge in [0, 0.05) is 24.0 Å². The Labute approximate surface area is 90.8 Å². The van der Waals surface area contributed by atoms with Gasteiger partial charge in [-0.15, -0.1) is 11.3 Å². The third-order valence-electron chi connectivity index (χ3n) is 2.57. The van der Waals surface area contributed by atoms with Crippen LogP contribution >= 0.6 is 11.3 Å². The van der Waals surface area contributed by atoms with Crippen LogP contribution in [0.4, 0.5) is 0 Å². The molecule has 2 atom stereocenters. The molecule has 2 unspecified atom stereocenters. The second kappa shape index (κ2) is 6.14. The van der Waals surface area contributed by atoms with Gasteiger partial charge in [0.25, 0.3) is 0 Å². The van der Waals surface area contributed by atoms with Gasteiger partial charge in [0.15, 0.2) is 0 Å². The Morgan fingerprint density at radius 3 is 2.79 bits per heavy atom. The molecule has 1 aromatic heterocycles. The van der Waals surface area contributed by atoms with E-state index >= 15 is 0 Å². The number of hydrogen-bond acceptors (Lipinski definition) is 3. The van der Waals surface area contributed by atoms with Crippen LogP contribution in [0.3, 0.4) is 0 Å². The fourth-order valence-electron chi connectivity index (χ4n) is 1.78. The molecule has 0 saturated carbocycles. The minimum atomic E-state index is 0.629. The number of rotatable bonds is 6. The van der Waals surface area contributed by atoms with Crippen molar-refractivity contribution in [1.29, 1.82) is 0 Å². The zero-order valence-corrected chi connectivity index (χ0v) is 10.1. The highest BCUT2D eigenvalue weighted by molar-refractivity contribution is 7.09. The Balaban J connectivity index is 2.43. The van der Waals surface area contributed by atoms with Crippen LogP contribution in [0.1, 0.15) is 32.2 Å². The minimum absolute atomic E-state index is 0.629. The molecule has 80 valence electrons. The van der Waals surface area contributed by atoms with Crippen LogP contribution in [0.2, 0.25) is 0 Å². The van der Waals surface area contributed by atoms with Gasteiger partial charge < -0.3 is 5.32 Å². The quantitative estimate of drug-likeness (QED) is 0.784. The molecule has 0 aromatic carbocycles. The zero-order valence-electron chi connectivity index (χ0n) is 9.29. The van der Waals surface area contributed by atoms with Gasteiger partial charge in [-0.3, -0.25) is 0 Å². The van der Waals surface area contributed by atoms with Crippen molar-refractivity contribution >= 4 is 11.3 Å². The van der Waals surface area contributed by atoms with Gasteiger partial charge in [-0.05, 0) is 18.9 Å². The number of nitrogens with one attached hydrogen (secondary N) is 1. The molecule has 14 heavy (non-hydrogen) atoms. The summed E-state index contributed by atoms with van der Waals surface area (Å²) in [6.07, 6.45) is 4.18. The summed E-state index contributed by atoms with van der Waals surface area (Å²) in [5.74, 6) is 0.672. The first-order chi connectivity index (χ1) is 6.77. The molecule has 0 aliphatic heterocycles. The van der Waals surface area contributed by atoms with Crippen molar-refractivity contribution in [3.63, 3.8) is 0 Å². The van der Waals surface area contributed by atoms with E-state index < -0.39 is 0 Å². The maximum Gasteiger partial charge on any atom is 0.0928 e. The van der Waals surface area contributed by atoms with Crippen LogP contribution in [-0.2, 0) is 6.42 Å². The second-order valence-electron chi connectivity index (χ2n) is 3.68. The van der Waals surface area contributed by atoms with Crippen molar-refractivity contribution in [2.45, 2.75) is 39.7 Å². The van der Waals surface area contributed by atoms with Gasteiger partial charge >= 0.3 is 0 Å². The monoisotopic (exact) mass is 212 g/mol. The maximum absolute atomic E-state index is 4.32. The molecule has 0 radical (unpaired) electrons. The van der Waals surface area contributed by atoms with E-state index in [9.17, 15) is 0 Å². The van der Waals surface area contributed by atoms with Gasteiger partial charge in [-0.1, -0.05) is 20.8 Å². The van der Waals surface area contributed by atoms with Crippen molar-refractivity contribution in [3.05, 3.63) is 16.6 Å². The molecule has 0 aliphatic rings. The lowest BCUT2D eigenvalue weighted by molar-refractivity contribution is 0.370. The van der Waals surface area contributed by atoms with E-state index in [1.165, 1.54) is 11.4 Å². The fourth-order valence-corrected chi connectivity index (χ4v) is 2.54. The van der Waals surface area contributed by atoms with Crippen molar-refractivity contribution in [2.24, 2.45) is 5.92 Å². The third kappa shape index (κ3) is 3.39. The van der Waals surface area contributed by atoms with Crippen molar-refractivity contribution in [3.8, 4) is 0 Å². The summed E-state index contributed by atoms with van der Waals surface area (Å²) in [5.41, 5.74) is 0. The molecule has 0 spiro atoms. The van der Waals surface area contributed by atoms with Crippen LogP contribution in [0.5, 0.6) is 0 Å². The molecule has 1 N–H and O–H groups in total. The Morgan fingerprint density at radius 1 is 1.50 bits per heavy atom. The summed E-state index contributed by atoms with van der Waals surface area (Å²) in [7, 11) is 0. The van der Waals surface area contributed by atoms with Crippen LogP contribution in [0, 0.1) is 5.92 Å². The summed E-state index contributed by atoms with van der Waals surface area (Å²) >= 11 is 1.76. The number of thiazole rings is 1.